The van der Waals surface area contributed by atoms with E-state index in [2.05, 4.69) is 15.0 Å². The Morgan fingerprint density at radius 2 is 1.95 bits per heavy atom. The predicted octanol–water partition coefficient (Wildman–Crippen LogP) is 3.68. The van der Waals surface area contributed by atoms with Gasteiger partial charge in [-0.3, -0.25) is 0 Å². The van der Waals surface area contributed by atoms with Crippen LogP contribution in [0.4, 0.5) is 0 Å². The summed E-state index contributed by atoms with van der Waals surface area (Å²) in [5, 5.41) is 2.06. The molecule has 3 rings (SSSR count). The Morgan fingerprint density at radius 3 is 2.65 bits per heavy atom. The van der Waals surface area contributed by atoms with E-state index in [1.165, 1.54) is 11.8 Å². The first-order valence-electron chi connectivity index (χ1n) is 5.97. The van der Waals surface area contributed by atoms with Crippen LogP contribution in [0.15, 0.2) is 59.0 Å². The molecule has 0 N–H and O–H groups in total. The number of aromatic nitrogens is 4. The summed E-state index contributed by atoms with van der Waals surface area (Å²) in [5.41, 5.74) is 0.941. The molecule has 0 amide bonds. The second-order valence-electron chi connectivity index (χ2n) is 4.14. The summed E-state index contributed by atoms with van der Waals surface area (Å²) in [7, 11) is 1.94. The zero-order chi connectivity index (χ0) is 13.9. The maximum atomic E-state index is 6.09. The second kappa shape index (κ2) is 5.64. The van der Waals surface area contributed by atoms with E-state index < -0.39 is 0 Å². The molecule has 0 saturated heterocycles. The summed E-state index contributed by atoms with van der Waals surface area (Å²) >= 11 is 7.55. The summed E-state index contributed by atoms with van der Waals surface area (Å²) < 4.78 is 1.93. The van der Waals surface area contributed by atoms with Gasteiger partial charge in [-0.2, -0.15) is 0 Å². The summed E-state index contributed by atoms with van der Waals surface area (Å²) in [6.07, 6.45) is 3.65. The van der Waals surface area contributed by atoms with E-state index in [-0.39, 0.29) is 0 Å². The van der Waals surface area contributed by atoms with Gasteiger partial charge >= 0.3 is 0 Å². The number of hydrogen-bond donors (Lipinski definition) is 0. The number of nitrogens with zero attached hydrogens (tertiary/aromatic N) is 4. The fraction of sp³-hybridized carbons (Fsp3) is 0.0714. The average Bonchev–Trinajstić information content (AvgIpc) is 2.85. The van der Waals surface area contributed by atoms with Crippen LogP contribution in [-0.2, 0) is 7.05 Å². The van der Waals surface area contributed by atoms with Gasteiger partial charge in [-0.15, -0.1) is 0 Å². The zero-order valence-corrected chi connectivity index (χ0v) is 12.3. The maximum Gasteiger partial charge on any atom is 0.174 e. The second-order valence-corrected chi connectivity index (χ2v) is 5.52. The third-order valence-corrected chi connectivity index (χ3v) is 3.86. The van der Waals surface area contributed by atoms with Crippen molar-refractivity contribution in [3.8, 4) is 11.4 Å². The monoisotopic (exact) mass is 302 g/mol. The minimum absolute atomic E-state index is 0.426. The van der Waals surface area contributed by atoms with Crippen molar-refractivity contribution in [2.75, 3.05) is 0 Å². The Hall–Kier alpha value is -1.85. The van der Waals surface area contributed by atoms with E-state index in [4.69, 9.17) is 11.6 Å². The molecule has 0 fully saturated rings. The smallest absolute Gasteiger partial charge is 0.174 e. The molecule has 0 saturated carbocycles. The van der Waals surface area contributed by atoms with Gasteiger partial charge in [0.2, 0.25) is 0 Å². The number of rotatable bonds is 3. The van der Waals surface area contributed by atoms with Crippen molar-refractivity contribution in [3.05, 3.63) is 53.9 Å². The number of imidazole rings is 1. The van der Waals surface area contributed by atoms with Crippen molar-refractivity contribution < 1.29 is 0 Å². The SMILES string of the molecule is Cn1ccnc1Sc1cc(Cl)nc(-c2ccccc2)n1. The highest BCUT2D eigenvalue weighted by atomic mass is 35.5. The Labute approximate surface area is 125 Å². The van der Waals surface area contributed by atoms with Gasteiger partial charge in [-0.1, -0.05) is 41.9 Å². The molecule has 2 heterocycles. The van der Waals surface area contributed by atoms with E-state index in [0.29, 0.717) is 11.0 Å². The molecule has 0 radical (unpaired) electrons. The van der Waals surface area contributed by atoms with Crippen LogP contribution in [0.5, 0.6) is 0 Å². The van der Waals surface area contributed by atoms with Crippen molar-refractivity contribution in [1.82, 2.24) is 19.5 Å². The van der Waals surface area contributed by atoms with Gasteiger partial charge in [-0.05, 0) is 11.8 Å². The maximum absolute atomic E-state index is 6.09. The predicted molar refractivity (Wildman–Crippen MR) is 79.8 cm³/mol. The standard InChI is InChI=1S/C14H11ClN4S/c1-19-8-7-16-14(19)20-12-9-11(15)17-13(18-12)10-5-3-2-4-6-10/h2-9H,1H3. The number of aryl methyl sites for hydroxylation is 1. The van der Waals surface area contributed by atoms with E-state index in [9.17, 15) is 0 Å². The molecule has 0 spiro atoms. The normalized spacial score (nSPS) is 10.7. The van der Waals surface area contributed by atoms with Gasteiger partial charge in [-0.25, -0.2) is 15.0 Å². The molecule has 0 bridgehead atoms. The first-order chi connectivity index (χ1) is 9.72. The van der Waals surface area contributed by atoms with Gasteiger partial charge in [0, 0.05) is 31.1 Å². The van der Waals surface area contributed by atoms with Gasteiger partial charge in [0.25, 0.3) is 0 Å². The van der Waals surface area contributed by atoms with E-state index in [0.717, 1.165) is 15.7 Å². The van der Waals surface area contributed by atoms with Gasteiger partial charge < -0.3 is 4.57 Å². The first kappa shape index (κ1) is 13.1. The highest BCUT2D eigenvalue weighted by molar-refractivity contribution is 7.99. The van der Waals surface area contributed by atoms with Crippen molar-refractivity contribution >= 4 is 23.4 Å². The molecule has 0 aliphatic heterocycles. The number of hydrogen-bond acceptors (Lipinski definition) is 4. The van der Waals surface area contributed by atoms with E-state index in [1.54, 1.807) is 12.3 Å². The summed E-state index contributed by atoms with van der Waals surface area (Å²) in [5.74, 6) is 0.620. The highest BCUT2D eigenvalue weighted by Gasteiger charge is 2.09. The Morgan fingerprint density at radius 1 is 1.15 bits per heavy atom. The number of benzene rings is 1. The lowest BCUT2D eigenvalue weighted by molar-refractivity contribution is 0.788. The molecule has 100 valence electrons. The first-order valence-corrected chi connectivity index (χ1v) is 7.17. The quantitative estimate of drug-likeness (QED) is 0.692. The Balaban J connectivity index is 1.97. The van der Waals surface area contributed by atoms with Gasteiger partial charge in [0.05, 0.1) is 0 Å². The van der Waals surface area contributed by atoms with E-state index >= 15 is 0 Å². The summed E-state index contributed by atoms with van der Waals surface area (Å²) in [6.45, 7) is 0. The van der Waals surface area contributed by atoms with Crippen LogP contribution < -0.4 is 0 Å². The molecular weight excluding hydrogens is 292 g/mol. The Kier molecular flexibility index (Phi) is 3.71. The molecule has 3 aromatic rings. The molecular formula is C14H11ClN4S. The van der Waals surface area contributed by atoms with Gasteiger partial charge in [0.15, 0.2) is 11.0 Å². The molecule has 0 unspecified atom stereocenters. The van der Waals surface area contributed by atoms with Crippen LogP contribution in [0, 0.1) is 0 Å². The molecule has 1 aromatic carbocycles. The molecule has 0 aliphatic rings. The minimum Gasteiger partial charge on any atom is -0.329 e. The summed E-state index contributed by atoms with van der Waals surface area (Å²) in [4.78, 5) is 13.1. The fourth-order valence-electron chi connectivity index (χ4n) is 1.71. The average molecular weight is 303 g/mol. The van der Waals surface area contributed by atoms with Crippen LogP contribution in [0.2, 0.25) is 5.15 Å². The molecule has 4 nitrogen and oxygen atoms in total. The molecule has 0 atom stereocenters. The Bertz CT molecular complexity index is 727. The molecule has 6 heteroatoms. The lowest BCUT2D eigenvalue weighted by Gasteiger charge is -2.05. The van der Waals surface area contributed by atoms with Crippen molar-refractivity contribution in [2.24, 2.45) is 7.05 Å². The lowest BCUT2D eigenvalue weighted by atomic mass is 10.2. The molecule has 0 aliphatic carbocycles. The van der Waals surface area contributed by atoms with Crippen LogP contribution >= 0.6 is 23.4 Å². The van der Waals surface area contributed by atoms with Crippen LogP contribution in [-0.4, -0.2) is 19.5 Å². The highest BCUT2D eigenvalue weighted by Crippen LogP contribution is 2.27. The van der Waals surface area contributed by atoms with E-state index in [1.807, 2.05) is 48.1 Å². The van der Waals surface area contributed by atoms with Crippen molar-refractivity contribution in [1.29, 1.82) is 0 Å². The van der Waals surface area contributed by atoms with Crippen LogP contribution in [0.25, 0.3) is 11.4 Å². The molecule has 20 heavy (non-hydrogen) atoms. The fourth-order valence-corrected chi connectivity index (χ4v) is 2.77. The largest absolute Gasteiger partial charge is 0.329 e. The van der Waals surface area contributed by atoms with Crippen molar-refractivity contribution in [2.45, 2.75) is 10.2 Å². The topological polar surface area (TPSA) is 43.6 Å². The van der Waals surface area contributed by atoms with Gasteiger partial charge in [0.1, 0.15) is 10.2 Å². The lowest BCUT2D eigenvalue weighted by Crippen LogP contribution is -1.94. The van der Waals surface area contributed by atoms with Crippen LogP contribution in [0.3, 0.4) is 0 Å². The number of halogens is 1. The third-order valence-electron chi connectivity index (χ3n) is 2.68. The minimum atomic E-state index is 0.426. The zero-order valence-electron chi connectivity index (χ0n) is 10.7. The third kappa shape index (κ3) is 2.84. The van der Waals surface area contributed by atoms with Crippen molar-refractivity contribution in [3.63, 3.8) is 0 Å². The summed E-state index contributed by atoms with van der Waals surface area (Å²) in [6, 6.07) is 11.5. The molecule has 2 aromatic heterocycles. The van der Waals surface area contributed by atoms with Crippen LogP contribution in [0.1, 0.15) is 0 Å².